The number of hydrogen-bond donors (Lipinski definition) is 0. The van der Waals surface area contributed by atoms with Crippen molar-refractivity contribution in [3.05, 3.63) is 76.1 Å². The standard InChI is InChI=1S/C21H24BN2/c1-14-11-17(4)24(22)13-19(14)20(18-9-7-6-8-10-18)21-15(2)12-16(3)23(21)5/h6-12H,13H2,1-5H3/q+1. The van der Waals surface area contributed by atoms with Crippen LogP contribution >= 0.6 is 0 Å². The van der Waals surface area contributed by atoms with E-state index in [0.717, 1.165) is 12.3 Å². The fourth-order valence-corrected chi connectivity index (χ4v) is 3.52. The van der Waals surface area contributed by atoms with Gasteiger partial charge in [0, 0.05) is 36.9 Å². The van der Waals surface area contributed by atoms with Crippen molar-refractivity contribution in [1.29, 1.82) is 0 Å². The summed E-state index contributed by atoms with van der Waals surface area (Å²) in [6, 6.07) is 12.9. The zero-order valence-electron chi connectivity index (χ0n) is 15.2. The van der Waals surface area contributed by atoms with Crippen LogP contribution in [0.25, 0.3) is 5.57 Å². The summed E-state index contributed by atoms with van der Waals surface area (Å²) >= 11 is 0. The summed E-state index contributed by atoms with van der Waals surface area (Å²) in [5.41, 5.74) is 10.0. The summed E-state index contributed by atoms with van der Waals surface area (Å²) < 4.78 is 4.11. The maximum absolute atomic E-state index is 6.22. The van der Waals surface area contributed by atoms with E-state index in [0.29, 0.717) is 0 Å². The summed E-state index contributed by atoms with van der Waals surface area (Å²) in [5, 5.41) is 0. The van der Waals surface area contributed by atoms with Crippen LogP contribution in [-0.2, 0) is 7.05 Å². The van der Waals surface area contributed by atoms with Gasteiger partial charge in [0.25, 0.3) is 0 Å². The van der Waals surface area contributed by atoms with Crippen molar-refractivity contribution < 1.29 is 4.49 Å². The van der Waals surface area contributed by atoms with E-state index in [-0.39, 0.29) is 0 Å². The summed E-state index contributed by atoms with van der Waals surface area (Å²) in [5.74, 6) is 0. The minimum absolute atomic E-state index is 0.724. The topological polar surface area (TPSA) is 7.94 Å². The molecule has 0 saturated heterocycles. The van der Waals surface area contributed by atoms with Crippen LogP contribution in [0.3, 0.4) is 0 Å². The van der Waals surface area contributed by atoms with Crippen LogP contribution in [0.4, 0.5) is 0 Å². The van der Waals surface area contributed by atoms with Crippen LogP contribution in [-0.4, -0.2) is 29.3 Å². The Labute approximate surface area is 146 Å². The lowest BCUT2D eigenvalue weighted by molar-refractivity contribution is -0.363. The Bertz CT molecular complexity index is 880. The summed E-state index contributed by atoms with van der Waals surface area (Å²) in [6.07, 6.45) is 2.17. The molecule has 120 valence electrons. The molecule has 1 aromatic carbocycles. The molecule has 0 bridgehead atoms. The van der Waals surface area contributed by atoms with Gasteiger partial charge in [-0.15, -0.1) is 0 Å². The largest absolute Gasteiger partial charge is 0.580 e. The van der Waals surface area contributed by atoms with Crippen LogP contribution in [0.2, 0.25) is 0 Å². The maximum Gasteiger partial charge on any atom is 0.580 e. The van der Waals surface area contributed by atoms with Gasteiger partial charge in [-0.3, -0.25) is 0 Å². The molecular weight excluding hydrogens is 291 g/mol. The number of rotatable bonds is 2. The maximum atomic E-state index is 6.22. The van der Waals surface area contributed by atoms with Crippen molar-refractivity contribution in [2.45, 2.75) is 27.7 Å². The number of aryl methyl sites for hydroxylation is 2. The number of nitrogens with zero attached hydrogens (tertiary/aromatic N) is 2. The van der Waals surface area contributed by atoms with Gasteiger partial charge in [0.1, 0.15) is 12.3 Å². The monoisotopic (exact) mass is 315 g/mol. The summed E-state index contributed by atoms with van der Waals surface area (Å²) in [6.45, 7) is 9.30. The molecule has 2 aromatic rings. The van der Waals surface area contributed by atoms with Crippen molar-refractivity contribution in [3.63, 3.8) is 0 Å². The normalized spacial score (nSPS) is 17.1. The second-order valence-corrected chi connectivity index (χ2v) is 6.69. The Morgan fingerprint density at radius 1 is 1.08 bits per heavy atom. The van der Waals surface area contributed by atoms with E-state index >= 15 is 0 Å². The molecule has 0 unspecified atom stereocenters. The Kier molecular flexibility index (Phi) is 4.36. The third-order valence-electron chi connectivity index (χ3n) is 4.95. The van der Waals surface area contributed by atoms with Gasteiger partial charge in [-0.1, -0.05) is 30.3 Å². The first kappa shape index (κ1) is 16.6. The van der Waals surface area contributed by atoms with Gasteiger partial charge in [0.15, 0.2) is 0 Å². The predicted octanol–water partition coefficient (Wildman–Crippen LogP) is 3.96. The second-order valence-electron chi connectivity index (χ2n) is 6.69. The van der Waals surface area contributed by atoms with Crippen molar-refractivity contribution in [1.82, 2.24) is 4.57 Å². The average Bonchev–Trinajstić information content (AvgIpc) is 2.80. The summed E-state index contributed by atoms with van der Waals surface area (Å²) in [7, 11) is 8.36. The number of allylic oxidation sites excluding steroid dienone is 1. The van der Waals surface area contributed by atoms with Gasteiger partial charge < -0.3 is 9.05 Å². The quantitative estimate of drug-likeness (QED) is 0.741. The molecule has 2 nitrogen and oxygen atoms in total. The van der Waals surface area contributed by atoms with E-state index in [1.807, 2.05) is 4.49 Å². The Balaban J connectivity index is 2.33. The SMILES string of the molecule is [B][N+]1=C(C)C=C(C)/C(=C(\c2ccccc2)c2c(C)cc(C)n2C)C1. The molecule has 3 rings (SSSR count). The molecule has 0 aliphatic carbocycles. The summed E-state index contributed by atoms with van der Waals surface area (Å²) in [4.78, 5) is 0. The molecule has 1 aliphatic rings. The van der Waals surface area contributed by atoms with Gasteiger partial charge in [-0.2, -0.15) is 0 Å². The van der Waals surface area contributed by atoms with Gasteiger partial charge in [0.05, 0.1) is 5.69 Å². The van der Waals surface area contributed by atoms with Crippen LogP contribution < -0.4 is 0 Å². The molecule has 0 N–H and O–H groups in total. The van der Waals surface area contributed by atoms with Crippen LogP contribution in [0.1, 0.15) is 36.4 Å². The molecular formula is C21H24BN2+. The lowest BCUT2D eigenvalue weighted by Crippen LogP contribution is -2.24. The van der Waals surface area contributed by atoms with Crippen LogP contribution in [0.15, 0.2) is 53.6 Å². The minimum Gasteiger partial charge on any atom is -0.348 e. The van der Waals surface area contributed by atoms with E-state index in [4.69, 9.17) is 7.98 Å². The predicted molar refractivity (Wildman–Crippen MR) is 103 cm³/mol. The van der Waals surface area contributed by atoms with E-state index in [1.165, 1.54) is 39.2 Å². The Morgan fingerprint density at radius 3 is 2.33 bits per heavy atom. The lowest BCUT2D eigenvalue weighted by Gasteiger charge is -2.21. The van der Waals surface area contributed by atoms with Crippen molar-refractivity contribution in [3.8, 4) is 0 Å². The van der Waals surface area contributed by atoms with Gasteiger partial charge >= 0.3 is 7.98 Å². The Morgan fingerprint density at radius 2 is 1.75 bits per heavy atom. The average molecular weight is 315 g/mol. The van der Waals surface area contributed by atoms with Crippen LogP contribution in [0, 0.1) is 13.8 Å². The number of aromatic nitrogens is 1. The first-order valence-corrected chi connectivity index (χ1v) is 8.36. The first-order valence-electron chi connectivity index (χ1n) is 8.36. The van der Waals surface area contributed by atoms with Gasteiger partial charge in [-0.05, 0) is 43.5 Å². The van der Waals surface area contributed by atoms with E-state index in [9.17, 15) is 0 Å². The third kappa shape index (κ3) is 2.79. The molecule has 24 heavy (non-hydrogen) atoms. The number of hydrogen-bond acceptors (Lipinski definition) is 0. The van der Waals surface area contributed by atoms with Crippen molar-refractivity contribution >= 4 is 19.3 Å². The molecule has 0 saturated carbocycles. The van der Waals surface area contributed by atoms with E-state index < -0.39 is 0 Å². The van der Waals surface area contributed by atoms with Crippen molar-refractivity contribution in [2.24, 2.45) is 7.05 Å². The molecule has 2 radical (unpaired) electrons. The first-order chi connectivity index (χ1) is 11.4. The highest BCUT2D eigenvalue weighted by molar-refractivity contribution is 6.04. The molecule has 0 amide bonds. The van der Waals surface area contributed by atoms with Gasteiger partial charge in [0.2, 0.25) is 0 Å². The van der Waals surface area contributed by atoms with Gasteiger partial charge in [-0.25, -0.2) is 0 Å². The minimum atomic E-state index is 0.724. The molecule has 3 heteroatoms. The molecule has 1 aliphatic heterocycles. The fraction of sp³-hybridized carbons (Fsp3) is 0.286. The van der Waals surface area contributed by atoms with E-state index in [2.05, 4.69) is 81.8 Å². The highest BCUT2D eigenvalue weighted by Gasteiger charge is 2.24. The fourth-order valence-electron chi connectivity index (χ4n) is 3.52. The van der Waals surface area contributed by atoms with Crippen LogP contribution in [0.5, 0.6) is 0 Å². The number of benzene rings is 1. The Hall–Kier alpha value is -2.29. The van der Waals surface area contributed by atoms with Crippen molar-refractivity contribution in [2.75, 3.05) is 6.54 Å². The second kappa shape index (κ2) is 6.31. The lowest BCUT2D eigenvalue weighted by atomic mass is 9.88. The molecule has 0 fully saturated rings. The van der Waals surface area contributed by atoms with E-state index in [1.54, 1.807) is 0 Å². The molecule has 1 aromatic heterocycles. The smallest absolute Gasteiger partial charge is 0.348 e. The molecule has 2 heterocycles. The zero-order valence-corrected chi connectivity index (χ0v) is 15.2. The molecule has 0 atom stereocenters. The zero-order chi connectivity index (χ0) is 17.4. The third-order valence-corrected chi connectivity index (χ3v) is 4.95. The highest BCUT2D eigenvalue weighted by atomic mass is 15.0. The molecule has 0 spiro atoms. The highest BCUT2D eigenvalue weighted by Crippen LogP contribution is 2.34.